The molecule has 38 heavy (non-hydrogen) atoms. The Bertz CT molecular complexity index is 1200. The lowest BCUT2D eigenvalue weighted by atomic mass is 10.0. The van der Waals surface area contributed by atoms with E-state index in [1.165, 1.54) is 15.9 Å². The SMILES string of the molecule is CC(C)(C)[Si](O[C@H](CCc1ccccc1)[C@H](C=O)OCc1ccccc1)(c1ccccc1)c1ccccc1. The zero-order valence-corrected chi connectivity index (χ0v) is 23.6. The van der Waals surface area contributed by atoms with Crippen LogP contribution in [0.2, 0.25) is 5.04 Å². The summed E-state index contributed by atoms with van der Waals surface area (Å²) in [4.78, 5) is 12.6. The summed E-state index contributed by atoms with van der Waals surface area (Å²) in [7, 11) is -2.88. The first-order chi connectivity index (χ1) is 18.4. The van der Waals surface area contributed by atoms with Crippen molar-refractivity contribution < 1.29 is 14.0 Å². The fourth-order valence-corrected chi connectivity index (χ4v) is 9.88. The molecular weight excluding hydrogens is 484 g/mol. The molecule has 0 radical (unpaired) electrons. The largest absolute Gasteiger partial charge is 0.401 e. The number of hydrogen-bond acceptors (Lipinski definition) is 3. The maximum absolute atomic E-state index is 12.6. The van der Waals surface area contributed by atoms with E-state index in [2.05, 4.69) is 93.6 Å². The lowest BCUT2D eigenvalue weighted by Crippen LogP contribution is -2.68. The highest BCUT2D eigenvalue weighted by molar-refractivity contribution is 6.99. The van der Waals surface area contributed by atoms with Crippen LogP contribution in [0.1, 0.15) is 38.3 Å². The summed E-state index contributed by atoms with van der Waals surface area (Å²) in [5.74, 6) is 0. The number of ether oxygens (including phenoxy) is 1. The zero-order valence-electron chi connectivity index (χ0n) is 22.6. The second-order valence-corrected chi connectivity index (χ2v) is 15.0. The van der Waals surface area contributed by atoms with Crippen molar-refractivity contribution in [1.82, 2.24) is 0 Å². The van der Waals surface area contributed by atoms with Crippen molar-refractivity contribution in [2.75, 3.05) is 0 Å². The topological polar surface area (TPSA) is 35.5 Å². The molecule has 0 heterocycles. The molecule has 0 aliphatic rings. The third-order valence-corrected chi connectivity index (χ3v) is 12.2. The van der Waals surface area contributed by atoms with Gasteiger partial charge >= 0.3 is 0 Å². The zero-order chi connectivity index (χ0) is 26.8. The van der Waals surface area contributed by atoms with Gasteiger partial charge in [0.2, 0.25) is 0 Å². The molecule has 0 unspecified atom stereocenters. The van der Waals surface area contributed by atoms with Crippen molar-refractivity contribution in [2.24, 2.45) is 0 Å². The highest BCUT2D eigenvalue weighted by Gasteiger charge is 2.52. The highest BCUT2D eigenvalue weighted by Crippen LogP contribution is 2.38. The summed E-state index contributed by atoms with van der Waals surface area (Å²) in [6.45, 7) is 7.13. The van der Waals surface area contributed by atoms with Crippen molar-refractivity contribution in [3.05, 3.63) is 132 Å². The molecule has 0 aromatic heterocycles. The van der Waals surface area contributed by atoms with Crippen molar-refractivity contribution >= 4 is 25.0 Å². The molecule has 0 N–H and O–H groups in total. The molecule has 4 heteroatoms. The fraction of sp³-hybridized carbons (Fsp3) is 0.265. The van der Waals surface area contributed by atoms with E-state index in [4.69, 9.17) is 9.16 Å². The second kappa shape index (κ2) is 13.0. The molecule has 0 saturated carbocycles. The maximum Gasteiger partial charge on any atom is 0.261 e. The summed E-state index contributed by atoms with van der Waals surface area (Å²) in [5.41, 5.74) is 2.25. The van der Waals surface area contributed by atoms with Gasteiger partial charge < -0.3 is 14.0 Å². The summed E-state index contributed by atoms with van der Waals surface area (Å²) < 4.78 is 13.7. The highest BCUT2D eigenvalue weighted by atomic mass is 28.4. The molecule has 4 rings (SSSR count). The molecule has 0 bridgehead atoms. The molecule has 4 aromatic carbocycles. The maximum atomic E-state index is 12.6. The van der Waals surface area contributed by atoms with Crippen LogP contribution < -0.4 is 10.4 Å². The summed E-state index contributed by atoms with van der Waals surface area (Å²) >= 11 is 0. The van der Waals surface area contributed by atoms with Crippen LogP contribution in [-0.4, -0.2) is 26.8 Å². The number of hydrogen-bond donors (Lipinski definition) is 0. The van der Waals surface area contributed by atoms with E-state index in [1.54, 1.807) is 0 Å². The van der Waals surface area contributed by atoms with Crippen molar-refractivity contribution in [1.29, 1.82) is 0 Å². The Morgan fingerprint density at radius 2 is 1.13 bits per heavy atom. The monoisotopic (exact) mass is 522 g/mol. The third kappa shape index (κ3) is 6.57. The standard InChI is InChI=1S/C34H38O3Si/c1-34(2,3)38(30-20-12-6-13-21-30,31-22-14-7-15-23-31)37-32(25-24-28-16-8-4-9-17-28)33(26-35)36-27-29-18-10-5-11-19-29/h4-23,26,32-33H,24-25,27H2,1-3H3/t32-,33+/m1/s1. The summed E-state index contributed by atoms with van der Waals surface area (Å²) in [6.07, 6.45) is 1.29. The van der Waals surface area contributed by atoms with Gasteiger partial charge in [0.05, 0.1) is 12.7 Å². The first-order valence-electron chi connectivity index (χ1n) is 13.4. The van der Waals surface area contributed by atoms with Gasteiger partial charge in [0.1, 0.15) is 6.10 Å². The minimum Gasteiger partial charge on any atom is -0.401 e. The third-order valence-electron chi connectivity index (χ3n) is 7.09. The normalized spacial score (nSPS) is 13.6. The molecule has 0 spiro atoms. The predicted octanol–water partition coefficient (Wildman–Crippen LogP) is 6.35. The number of benzene rings is 4. The number of carbonyl (C=O) groups excluding carboxylic acids is 1. The van der Waals surface area contributed by atoms with Crippen LogP contribution in [0.5, 0.6) is 0 Å². The number of carbonyl (C=O) groups is 1. The molecule has 196 valence electrons. The molecule has 4 aromatic rings. The van der Waals surface area contributed by atoms with Gasteiger partial charge in [0, 0.05) is 0 Å². The average Bonchev–Trinajstić information content (AvgIpc) is 2.95. The Hall–Kier alpha value is -3.31. The van der Waals surface area contributed by atoms with Crippen LogP contribution in [0.15, 0.2) is 121 Å². The summed E-state index contributed by atoms with van der Waals surface area (Å²) in [6, 6.07) is 41.5. The number of rotatable bonds is 12. The lowest BCUT2D eigenvalue weighted by Gasteiger charge is -2.46. The smallest absolute Gasteiger partial charge is 0.261 e. The van der Waals surface area contributed by atoms with Crippen molar-refractivity contribution in [2.45, 2.75) is 57.5 Å². The van der Waals surface area contributed by atoms with Gasteiger partial charge in [-0.15, -0.1) is 0 Å². The number of aryl methyl sites for hydroxylation is 1. The van der Waals surface area contributed by atoms with Gasteiger partial charge in [0.25, 0.3) is 8.32 Å². The van der Waals surface area contributed by atoms with Gasteiger partial charge in [0.15, 0.2) is 6.29 Å². The molecule has 0 saturated heterocycles. The lowest BCUT2D eigenvalue weighted by molar-refractivity contribution is -0.126. The molecule has 2 atom stereocenters. The Morgan fingerprint density at radius 1 is 0.684 bits per heavy atom. The van der Waals surface area contributed by atoms with Gasteiger partial charge in [-0.1, -0.05) is 142 Å². The van der Waals surface area contributed by atoms with Crippen LogP contribution in [0.4, 0.5) is 0 Å². The van der Waals surface area contributed by atoms with E-state index < -0.39 is 20.5 Å². The van der Waals surface area contributed by atoms with Crippen molar-refractivity contribution in [3.8, 4) is 0 Å². The predicted molar refractivity (Wildman–Crippen MR) is 158 cm³/mol. The Kier molecular flexibility index (Phi) is 9.46. The van der Waals surface area contributed by atoms with Crippen molar-refractivity contribution in [3.63, 3.8) is 0 Å². The van der Waals surface area contributed by atoms with Gasteiger partial charge in [-0.3, -0.25) is 0 Å². The molecule has 0 amide bonds. The minimum absolute atomic E-state index is 0.201. The Morgan fingerprint density at radius 3 is 1.58 bits per heavy atom. The average molecular weight is 523 g/mol. The molecule has 0 fully saturated rings. The van der Waals surface area contributed by atoms with E-state index >= 15 is 0 Å². The second-order valence-electron chi connectivity index (χ2n) is 10.7. The number of aldehydes is 1. The fourth-order valence-electron chi connectivity index (χ4n) is 5.16. The van der Waals surface area contributed by atoms with Gasteiger partial charge in [-0.05, 0) is 39.4 Å². The van der Waals surface area contributed by atoms with E-state index in [1.807, 2.05) is 48.5 Å². The van der Waals surface area contributed by atoms with Crippen LogP contribution in [0.3, 0.4) is 0 Å². The van der Waals surface area contributed by atoms with Crippen LogP contribution in [-0.2, 0) is 27.0 Å². The molecule has 0 aliphatic heterocycles. The van der Waals surface area contributed by atoms with E-state index in [0.717, 1.165) is 18.3 Å². The molecule has 3 nitrogen and oxygen atoms in total. The van der Waals surface area contributed by atoms with E-state index in [0.29, 0.717) is 13.0 Å². The molecular formula is C34H38O3Si. The van der Waals surface area contributed by atoms with Crippen LogP contribution in [0.25, 0.3) is 0 Å². The quantitative estimate of drug-likeness (QED) is 0.161. The molecule has 0 aliphatic carbocycles. The Balaban J connectivity index is 1.75. The van der Waals surface area contributed by atoms with E-state index in [-0.39, 0.29) is 5.04 Å². The van der Waals surface area contributed by atoms with Gasteiger partial charge in [-0.25, -0.2) is 0 Å². The first-order valence-corrected chi connectivity index (χ1v) is 15.3. The first kappa shape index (κ1) is 27.7. The van der Waals surface area contributed by atoms with Crippen LogP contribution >= 0.6 is 0 Å². The minimum atomic E-state index is -2.88. The van der Waals surface area contributed by atoms with Gasteiger partial charge in [-0.2, -0.15) is 0 Å². The Labute approximate surface area is 228 Å². The van der Waals surface area contributed by atoms with Crippen LogP contribution in [0, 0.1) is 0 Å². The summed E-state index contributed by atoms with van der Waals surface area (Å²) in [5, 5.41) is 2.18. The van der Waals surface area contributed by atoms with E-state index in [9.17, 15) is 4.79 Å².